The van der Waals surface area contributed by atoms with E-state index in [2.05, 4.69) is 16.0 Å². The van der Waals surface area contributed by atoms with Crippen LogP contribution < -0.4 is 16.0 Å². The van der Waals surface area contributed by atoms with Crippen molar-refractivity contribution in [2.75, 3.05) is 25.0 Å². The highest BCUT2D eigenvalue weighted by atomic mass is 35.5. The largest absolute Gasteiger partial charge is 0.354 e. The second kappa shape index (κ2) is 8.15. The van der Waals surface area contributed by atoms with E-state index in [0.717, 1.165) is 18.0 Å². The molecule has 0 atom stereocenters. The van der Waals surface area contributed by atoms with Gasteiger partial charge in [0.15, 0.2) is 0 Å². The highest BCUT2D eigenvalue weighted by Crippen LogP contribution is 2.27. The van der Waals surface area contributed by atoms with Gasteiger partial charge in [-0.25, -0.2) is 0 Å². The summed E-state index contributed by atoms with van der Waals surface area (Å²) in [6.07, 6.45) is 2.76. The summed E-state index contributed by atoms with van der Waals surface area (Å²) in [5.74, 6) is 0.531. The Balaban J connectivity index is 1.62. The maximum atomic E-state index is 11.8. The minimum absolute atomic E-state index is 0.0765. The van der Waals surface area contributed by atoms with Crippen molar-refractivity contribution >= 4 is 29.1 Å². The van der Waals surface area contributed by atoms with Crippen LogP contribution in [0.15, 0.2) is 18.2 Å². The maximum absolute atomic E-state index is 11.8. The lowest BCUT2D eigenvalue weighted by Crippen LogP contribution is -2.36. The Kier molecular flexibility index (Phi) is 6.21. The predicted octanol–water partition coefficient (Wildman–Crippen LogP) is 2.09. The fourth-order valence-corrected chi connectivity index (χ4v) is 2.22. The number of rotatable bonds is 8. The molecule has 22 heavy (non-hydrogen) atoms. The van der Waals surface area contributed by atoms with Crippen molar-refractivity contribution < 1.29 is 9.59 Å². The first kappa shape index (κ1) is 16.8. The van der Waals surface area contributed by atoms with E-state index in [0.29, 0.717) is 23.8 Å². The van der Waals surface area contributed by atoms with Crippen LogP contribution in [0, 0.1) is 12.8 Å². The van der Waals surface area contributed by atoms with Crippen LogP contribution in [0.25, 0.3) is 0 Å². The second-order valence-electron chi connectivity index (χ2n) is 5.63. The highest BCUT2D eigenvalue weighted by Gasteiger charge is 2.20. The van der Waals surface area contributed by atoms with E-state index in [9.17, 15) is 9.59 Å². The molecule has 6 heteroatoms. The van der Waals surface area contributed by atoms with Crippen LogP contribution in [0.2, 0.25) is 5.02 Å². The normalized spacial score (nSPS) is 13.7. The molecule has 1 aliphatic carbocycles. The molecule has 1 saturated carbocycles. The summed E-state index contributed by atoms with van der Waals surface area (Å²) >= 11 is 6.00. The van der Waals surface area contributed by atoms with Crippen molar-refractivity contribution in [2.45, 2.75) is 26.2 Å². The third kappa shape index (κ3) is 5.66. The number of halogens is 1. The minimum atomic E-state index is -0.142. The van der Waals surface area contributed by atoms with Crippen LogP contribution >= 0.6 is 11.6 Å². The van der Waals surface area contributed by atoms with E-state index in [1.807, 2.05) is 6.92 Å². The summed E-state index contributed by atoms with van der Waals surface area (Å²) in [4.78, 5) is 23.4. The first-order valence-corrected chi connectivity index (χ1v) is 7.96. The molecule has 0 heterocycles. The molecule has 5 nitrogen and oxygen atoms in total. The highest BCUT2D eigenvalue weighted by molar-refractivity contribution is 6.31. The van der Waals surface area contributed by atoms with Crippen molar-refractivity contribution in [3.05, 3.63) is 28.8 Å². The number of nitrogens with one attached hydrogen (secondary N) is 3. The zero-order valence-corrected chi connectivity index (χ0v) is 13.5. The van der Waals surface area contributed by atoms with Gasteiger partial charge in [0.05, 0.1) is 6.54 Å². The summed E-state index contributed by atoms with van der Waals surface area (Å²) < 4.78 is 0. The van der Waals surface area contributed by atoms with E-state index in [1.165, 1.54) is 12.8 Å². The zero-order chi connectivity index (χ0) is 15.9. The summed E-state index contributed by atoms with van der Waals surface area (Å²) in [6.45, 7) is 3.40. The summed E-state index contributed by atoms with van der Waals surface area (Å²) in [5, 5.41) is 9.26. The van der Waals surface area contributed by atoms with Crippen LogP contribution in [0.5, 0.6) is 0 Å². The van der Waals surface area contributed by atoms with E-state index < -0.39 is 0 Å². The van der Waals surface area contributed by atoms with Crippen molar-refractivity contribution in [1.82, 2.24) is 10.6 Å². The summed E-state index contributed by atoms with van der Waals surface area (Å²) in [6, 6.07) is 5.37. The Morgan fingerprint density at radius 2 is 2.05 bits per heavy atom. The monoisotopic (exact) mass is 323 g/mol. The molecule has 1 aliphatic rings. The van der Waals surface area contributed by atoms with Crippen molar-refractivity contribution in [3.63, 3.8) is 0 Å². The Bertz CT molecular complexity index is 544. The van der Waals surface area contributed by atoms with Gasteiger partial charge >= 0.3 is 0 Å². The third-order valence-corrected chi connectivity index (χ3v) is 4.04. The number of amides is 2. The van der Waals surface area contributed by atoms with Gasteiger partial charge in [-0.15, -0.1) is 0 Å². The van der Waals surface area contributed by atoms with Crippen LogP contribution in [0.1, 0.15) is 24.8 Å². The Morgan fingerprint density at radius 1 is 1.27 bits per heavy atom. The molecule has 120 valence electrons. The van der Waals surface area contributed by atoms with E-state index in [1.54, 1.807) is 18.2 Å². The smallest absolute Gasteiger partial charge is 0.233 e. The molecule has 0 aliphatic heterocycles. The summed E-state index contributed by atoms with van der Waals surface area (Å²) in [5.41, 5.74) is 1.54. The number of anilines is 1. The van der Waals surface area contributed by atoms with Gasteiger partial charge < -0.3 is 16.0 Å². The van der Waals surface area contributed by atoms with Crippen molar-refractivity contribution in [2.24, 2.45) is 5.92 Å². The third-order valence-electron chi connectivity index (χ3n) is 3.63. The fraction of sp³-hybridized carbons (Fsp3) is 0.500. The van der Waals surface area contributed by atoms with Gasteiger partial charge in [0.2, 0.25) is 11.8 Å². The number of hydrogen-bond donors (Lipinski definition) is 3. The van der Waals surface area contributed by atoms with Gasteiger partial charge in [-0.3, -0.25) is 9.59 Å². The molecule has 3 N–H and O–H groups in total. The minimum Gasteiger partial charge on any atom is -0.354 e. The van der Waals surface area contributed by atoms with E-state index >= 15 is 0 Å². The van der Waals surface area contributed by atoms with Crippen LogP contribution in [0.4, 0.5) is 5.69 Å². The molecule has 2 rings (SSSR count). The topological polar surface area (TPSA) is 70.2 Å². The number of hydrogen-bond acceptors (Lipinski definition) is 3. The number of benzene rings is 1. The molecule has 0 saturated heterocycles. The molecule has 2 amide bonds. The average Bonchev–Trinajstić information content (AvgIpc) is 3.28. The zero-order valence-electron chi connectivity index (χ0n) is 12.7. The molecule has 1 fully saturated rings. The van der Waals surface area contributed by atoms with Gasteiger partial charge in [0, 0.05) is 23.7 Å². The van der Waals surface area contributed by atoms with Crippen molar-refractivity contribution in [3.8, 4) is 0 Å². The molecular weight excluding hydrogens is 302 g/mol. The molecule has 0 bridgehead atoms. The molecule has 0 unspecified atom stereocenters. The van der Waals surface area contributed by atoms with Gasteiger partial charge in [0.1, 0.15) is 0 Å². The lowest BCUT2D eigenvalue weighted by atomic mass is 10.2. The molecule has 1 aromatic rings. The van der Waals surface area contributed by atoms with Gasteiger partial charge in [-0.2, -0.15) is 0 Å². The number of carbonyl (C=O) groups is 2. The van der Waals surface area contributed by atoms with Gasteiger partial charge in [0.25, 0.3) is 0 Å². The van der Waals surface area contributed by atoms with Crippen LogP contribution in [-0.4, -0.2) is 31.4 Å². The molecule has 0 aromatic heterocycles. The lowest BCUT2D eigenvalue weighted by Gasteiger charge is -2.10. The lowest BCUT2D eigenvalue weighted by molar-refractivity contribution is -0.120. The first-order valence-electron chi connectivity index (χ1n) is 7.58. The molecule has 0 radical (unpaired) electrons. The quantitative estimate of drug-likeness (QED) is 0.686. The first-order chi connectivity index (χ1) is 10.6. The predicted molar refractivity (Wildman–Crippen MR) is 88.0 cm³/mol. The second-order valence-corrected chi connectivity index (χ2v) is 6.04. The standard InChI is InChI=1S/C16H22ClN3O2/c1-11-13(17)3-2-4-14(11)20-15(21)7-8-19-16(22)10-18-9-12-5-6-12/h2-4,12,18H,5-10H2,1H3,(H,19,22)(H,20,21). The van der Waals surface area contributed by atoms with Crippen LogP contribution in [0.3, 0.4) is 0 Å². The fourth-order valence-electron chi connectivity index (χ4n) is 2.05. The van der Waals surface area contributed by atoms with Crippen LogP contribution in [-0.2, 0) is 9.59 Å². The molecule has 0 spiro atoms. The van der Waals surface area contributed by atoms with Gasteiger partial charge in [-0.1, -0.05) is 17.7 Å². The molecular formula is C16H22ClN3O2. The van der Waals surface area contributed by atoms with Crippen molar-refractivity contribution in [1.29, 1.82) is 0 Å². The van der Waals surface area contributed by atoms with Gasteiger partial charge in [-0.05, 0) is 49.9 Å². The Labute approximate surface area is 135 Å². The maximum Gasteiger partial charge on any atom is 0.233 e. The number of carbonyl (C=O) groups excluding carboxylic acids is 2. The SMILES string of the molecule is Cc1c(Cl)cccc1NC(=O)CCNC(=O)CNCC1CC1. The van der Waals surface area contributed by atoms with E-state index in [4.69, 9.17) is 11.6 Å². The average molecular weight is 324 g/mol. The van der Waals surface area contributed by atoms with E-state index in [-0.39, 0.29) is 18.2 Å². The Morgan fingerprint density at radius 3 is 2.77 bits per heavy atom. The Hall–Kier alpha value is -1.59. The molecule has 1 aromatic carbocycles. The summed E-state index contributed by atoms with van der Waals surface area (Å²) in [7, 11) is 0.